The minimum Gasteiger partial charge on any atom is -0.479 e. The standard InChI is InChI=1S/C14H24N2O11/c1-3(18)16-6-8(20)9(21)11(12(22)23)27-14(6)26-10-4(2-17)25-13(24)5(15)7(10)19/h4-11,13-14,17,19-21,24H,2,15H2,1H3,(H,16,18)(H,22,23)/t4-,5-,6+,7-,8-,9+,10-,11-,13+,14-/m1/s1. The first-order chi connectivity index (χ1) is 12.6. The van der Waals surface area contributed by atoms with Crippen molar-refractivity contribution in [2.24, 2.45) is 5.73 Å². The average molecular weight is 396 g/mol. The van der Waals surface area contributed by atoms with Gasteiger partial charge in [-0.25, -0.2) is 4.79 Å². The summed E-state index contributed by atoms with van der Waals surface area (Å²) in [5.74, 6) is -2.23. The predicted molar refractivity (Wildman–Crippen MR) is 82.7 cm³/mol. The number of hydrogen-bond acceptors (Lipinski definition) is 11. The summed E-state index contributed by atoms with van der Waals surface area (Å²) in [5, 5.41) is 60.8. The Bertz CT molecular complexity index is 547. The highest BCUT2D eigenvalue weighted by Crippen LogP contribution is 2.28. The molecule has 0 spiro atoms. The van der Waals surface area contributed by atoms with Gasteiger partial charge in [-0.2, -0.15) is 0 Å². The van der Waals surface area contributed by atoms with Crippen LogP contribution in [-0.4, -0.2) is 110 Å². The van der Waals surface area contributed by atoms with E-state index in [-0.39, 0.29) is 0 Å². The van der Waals surface area contributed by atoms with E-state index in [1.54, 1.807) is 0 Å². The molecule has 156 valence electrons. The number of aliphatic hydroxyl groups is 5. The van der Waals surface area contributed by atoms with E-state index in [0.717, 1.165) is 6.92 Å². The quantitative estimate of drug-likeness (QED) is 0.218. The van der Waals surface area contributed by atoms with Crippen LogP contribution in [0.2, 0.25) is 0 Å². The molecule has 2 fully saturated rings. The van der Waals surface area contributed by atoms with Crippen LogP contribution >= 0.6 is 0 Å². The summed E-state index contributed by atoms with van der Waals surface area (Å²) in [5.41, 5.74) is 5.59. The lowest BCUT2D eigenvalue weighted by Crippen LogP contribution is -2.68. The van der Waals surface area contributed by atoms with Crippen molar-refractivity contribution in [3.63, 3.8) is 0 Å². The van der Waals surface area contributed by atoms with Crippen LogP contribution < -0.4 is 11.1 Å². The molecule has 0 bridgehead atoms. The summed E-state index contributed by atoms with van der Waals surface area (Å²) < 4.78 is 15.7. The maximum Gasteiger partial charge on any atom is 0.335 e. The number of carbonyl (C=O) groups excluding carboxylic acids is 1. The molecule has 2 aliphatic rings. The van der Waals surface area contributed by atoms with E-state index in [1.165, 1.54) is 0 Å². The number of aliphatic carboxylic acids is 1. The number of amides is 1. The van der Waals surface area contributed by atoms with Gasteiger partial charge in [0.05, 0.1) is 12.6 Å². The van der Waals surface area contributed by atoms with Gasteiger partial charge in [0.25, 0.3) is 0 Å². The monoisotopic (exact) mass is 396 g/mol. The van der Waals surface area contributed by atoms with Gasteiger partial charge in [0, 0.05) is 6.92 Å². The van der Waals surface area contributed by atoms with Crippen LogP contribution in [0, 0.1) is 0 Å². The number of hydrogen-bond donors (Lipinski definition) is 8. The SMILES string of the molecule is CC(=O)N[C@@H]1[C@H](O[C@H]2[C@H](O)[C@@H](N)[C@@H](O)O[C@@H]2CO)O[C@@H](C(=O)O)[C@@H](O)[C@@H]1O. The fourth-order valence-corrected chi connectivity index (χ4v) is 3.00. The van der Waals surface area contributed by atoms with Gasteiger partial charge in [-0.05, 0) is 0 Å². The van der Waals surface area contributed by atoms with E-state index in [0.29, 0.717) is 0 Å². The Morgan fingerprint density at radius 2 is 1.74 bits per heavy atom. The second-order valence-corrected chi connectivity index (χ2v) is 6.39. The third kappa shape index (κ3) is 4.53. The molecule has 2 saturated heterocycles. The van der Waals surface area contributed by atoms with E-state index in [1.807, 2.05) is 0 Å². The maximum atomic E-state index is 11.4. The molecule has 9 N–H and O–H groups in total. The van der Waals surface area contributed by atoms with Crippen LogP contribution in [0.4, 0.5) is 0 Å². The van der Waals surface area contributed by atoms with E-state index in [2.05, 4.69) is 5.32 Å². The third-order valence-corrected chi connectivity index (χ3v) is 4.43. The topological polar surface area (TPSA) is 221 Å². The van der Waals surface area contributed by atoms with Crippen molar-refractivity contribution in [2.45, 2.75) is 68.2 Å². The van der Waals surface area contributed by atoms with E-state index < -0.39 is 79.8 Å². The first-order valence-corrected chi connectivity index (χ1v) is 8.13. The maximum absolute atomic E-state index is 11.4. The molecule has 13 heteroatoms. The fourth-order valence-electron chi connectivity index (χ4n) is 3.00. The highest BCUT2D eigenvalue weighted by atomic mass is 16.7. The molecule has 0 aromatic carbocycles. The first-order valence-electron chi connectivity index (χ1n) is 8.13. The minimum atomic E-state index is -1.89. The van der Waals surface area contributed by atoms with E-state index >= 15 is 0 Å². The summed E-state index contributed by atoms with van der Waals surface area (Å²) >= 11 is 0. The molecule has 0 aromatic rings. The molecule has 2 rings (SSSR count). The Morgan fingerprint density at radius 1 is 1.11 bits per heavy atom. The molecule has 2 aliphatic heterocycles. The number of ether oxygens (including phenoxy) is 3. The van der Waals surface area contributed by atoms with Gasteiger partial charge in [0.2, 0.25) is 5.91 Å². The summed E-state index contributed by atoms with van der Waals surface area (Å²) in [6.07, 6.45) is -13.0. The lowest BCUT2D eigenvalue weighted by Gasteiger charge is -2.46. The van der Waals surface area contributed by atoms with Crippen molar-refractivity contribution in [1.82, 2.24) is 5.32 Å². The summed E-state index contributed by atoms with van der Waals surface area (Å²) in [6, 6.07) is -2.71. The summed E-state index contributed by atoms with van der Waals surface area (Å²) in [7, 11) is 0. The van der Waals surface area contributed by atoms with Crippen LogP contribution in [0.5, 0.6) is 0 Å². The zero-order chi connectivity index (χ0) is 20.5. The molecular weight excluding hydrogens is 372 g/mol. The van der Waals surface area contributed by atoms with Crippen LogP contribution in [0.3, 0.4) is 0 Å². The zero-order valence-electron chi connectivity index (χ0n) is 14.3. The first kappa shape index (κ1) is 21.9. The molecule has 0 saturated carbocycles. The Morgan fingerprint density at radius 3 is 2.26 bits per heavy atom. The van der Waals surface area contributed by atoms with E-state index in [4.69, 9.17) is 25.1 Å². The fraction of sp³-hybridized carbons (Fsp3) is 0.857. The molecule has 1 amide bonds. The van der Waals surface area contributed by atoms with Gasteiger partial charge >= 0.3 is 5.97 Å². The number of carboxylic acid groups (broad SMARTS) is 1. The largest absolute Gasteiger partial charge is 0.479 e. The van der Waals surface area contributed by atoms with Gasteiger partial charge < -0.3 is 55.9 Å². The van der Waals surface area contributed by atoms with Crippen molar-refractivity contribution in [1.29, 1.82) is 0 Å². The average Bonchev–Trinajstić information content (AvgIpc) is 2.60. The zero-order valence-corrected chi connectivity index (χ0v) is 14.3. The van der Waals surface area contributed by atoms with Crippen molar-refractivity contribution in [3.05, 3.63) is 0 Å². The van der Waals surface area contributed by atoms with Crippen LogP contribution in [0.25, 0.3) is 0 Å². The molecule has 0 aliphatic carbocycles. The molecule has 13 nitrogen and oxygen atoms in total. The van der Waals surface area contributed by atoms with Gasteiger partial charge in [-0.1, -0.05) is 0 Å². The van der Waals surface area contributed by atoms with Gasteiger partial charge in [0.1, 0.15) is 36.6 Å². The summed E-state index contributed by atoms with van der Waals surface area (Å²) in [6.45, 7) is 0.414. The number of nitrogens with one attached hydrogen (secondary N) is 1. The van der Waals surface area contributed by atoms with Crippen molar-refractivity contribution in [3.8, 4) is 0 Å². The van der Waals surface area contributed by atoms with Crippen LogP contribution in [-0.2, 0) is 23.8 Å². The Hall–Kier alpha value is -1.42. The van der Waals surface area contributed by atoms with Gasteiger partial charge in [0.15, 0.2) is 18.7 Å². The van der Waals surface area contributed by atoms with Crippen LogP contribution in [0.15, 0.2) is 0 Å². The number of rotatable bonds is 5. The normalized spacial score (nSPS) is 45.3. The van der Waals surface area contributed by atoms with E-state index in [9.17, 15) is 35.1 Å². The van der Waals surface area contributed by atoms with Crippen molar-refractivity contribution < 1.29 is 54.4 Å². The molecule has 27 heavy (non-hydrogen) atoms. The molecule has 2 heterocycles. The highest BCUT2D eigenvalue weighted by Gasteiger charge is 2.52. The molecule has 0 unspecified atom stereocenters. The molecule has 10 atom stereocenters. The second kappa shape index (κ2) is 8.72. The van der Waals surface area contributed by atoms with Crippen molar-refractivity contribution in [2.75, 3.05) is 6.61 Å². The highest BCUT2D eigenvalue weighted by molar-refractivity contribution is 5.74. The van der Waals surface area contributed by atoms with Crippen molar-refractivity contribution >= 4 is 11.9 Å². The van der Waals surface area contributed by atoms with Gasteiger partial charge in [-0.15, -0.1) is 0 Å². The Labute approximate surface area is 153 Å². The predicted octanol–water partition coefficient (Wildman–Crippen LogP) is -5.19. The molecule has 0 aromatic heterocycles. The third-order valence-electron chi connectivity index (χ3n) is 4.43. The number of carbonyl (C=O) groups is 2. The number of nitrogens with two attached hydrogens (primary N) is 1. The van der Waals surface area contributed by atoms with Crippen LogP contribution in [0.1, 0.15) is 6.92 Å². The Kier molecular flexibility index (Phi) is 7.07. The number of aliphatic hydroxyl groups excluding tert-OH is 5. The Balaban J connectivity index is 2.27. The van der Waals surface area contributed by atoms with Gasteiger partial charge in [-0.3, -0.25) is 4.79 Å². The number of carboxylic acids is 1. The smallest absolute Gasteiger partial charge is 0.335 e. The molecule has 0 radical (unpaired) electrons. The summed E-state index contributed by atoms with van der Waals surface area (Å²) in [4.78, 5) is 22.6. The lowest BCUT2D eigenvalue weighted by molar-refractivity contribution is -0.321. The molecular formula is C14H24N2O11. The lowest BCUT2D eigenvalue weighted by atomic mass is 9.95. The second-order valence-electron chi connectivity index (χ2n) is 6.39. The minimum absolute atomic E-state index is 0.636.